The molecular weight excluding hydrogens is 182 g/mol. The van der Waals surface area contributed by atoms with Crippen LogP contribution in [0.2, 0.25) is 0 Å². The second-order valence-corrected chi connectivity index (χ2v) is 2.67. The lowest BCUT2D eigenvalue weighted by Gasteiger charge is -1.98. The largest absolute Gasteiger partial charge is 0.264 e. The molecule has 15 heavy (non-hydrogen) atoms. The zero-order chi connectivity index (χ0) is 11.7. The van der Waals surface area contributed by atoms with E-state index in [9.17, 15) is 0 Å². The number of hydrogen-bond donors (Lipinski definition) is 0. The third-order valence-corrected chi connectivity index (χ3v) is 1.90. The summed E-state index contributed by atoms with van der Waals surface area (Å²) in [5, 5.41) is 2.51. The summed E-state index contributed by atoms with van der Waals surface area (Å²) in [6.45, 7) is 10.1. The Kier molecular flexibility index (Phi) is 7.25. The van der Waals surface area contributed by atoms with Crippen molar-refractivity contribution < 1.29 is 0 Å². The van der Waals surface area contributed by atoms with Gasteiger partial charge in [-0.05, 0) is 23.9 Å². The Hall–Kier alpha value is -1.37. The summed E-state index contributed by atoms with van der Waals surface area (Å²) in [6.07, 6.45) is 3.73. The second-order valence-electron chi connectivity index (χ2n) is 2.67. The number of aryl methyl sites for hydroxylation is 1. The molecule has 0 aliphatic heterocycles. The topological polar surface area (TPSA) is 12.9 Å². The van der Waals surface area contributed by atoms with Crippen molar-refractivity contribution in [2.45, 2.75) is 34.6 Å². The average molecular weight is 203 g/mol. The predicted octanol–water partition coefficient (Wildman–Crippen LogP) is 4.60. The van der Waals surface area contributed by atoms with Crippen molar-refractivity contribution in [1.29, 1.82) is 0 Å². The van der Waals surface area contributed by atoms with E-state index in [1.165, 1.54) is 16.3 Å². The maximum absolute atomic E-state index is 4.07. The maximum Gasteiger partial charge on any atom is 0.0349 e. The Morgan fingerprint density at radius 3 is 2.20 bits per heavy atom. The molecule has 0 atom stereocenters. The number of benzene rings is 1. The van der Waals surface area contributed by atoms with Crippen LogP contribution in [-0.2, 0) is 0 Å². The summed E-state index contributed by atoms with van der Waals surface area (Å²) in [5.41, 5.74) is 1.29. The minimum atomic E-state index is 1.25. The van der Waals surface area contributed by atoms with E-state index < -0.39 is 0 Å². The molecule has 0 aliphatic carbocycles. The summed E-state index contributed by atoms with van der Waals surface area (Å²) < 4.78 is 0. The molecule has 0 saturated heterocycles. The Balaban J connectivity index is 0.000000442. The monoisotopic (exact) mass is 203 g/mol. The molecule has 0 fully saturated rings. The van der Waals surface area contributed by atoms with Crippen LogP contribution in [0.5, 0.6) is 0 Å². The highest BCUT2D eigenvalue weighted by atomic mass is 14.6. The van der Waals surface area contributed by atoms with Crippen LogP contribution < -0.4 is 0 Å². The first kappa shape index (κ1) is 13.6. The van der Waals surface area contributed by atoms with E-state index in [0.29, 0.717) is 0 Å². The van der Waals surface area contributed by atoms with Crippen LogP contribution in [0, 0.1) is 6.92 Å². The van der Waals surface area contributed by atoms with Crippen molar-refractivity contribution in [3.63, 3.8) is 0 Å². The molecule has 1 heteroatoms. The number of pyridine rings is 1. The number of fused-ring (bicyclic) bond motifs is 1. The molecule has 0 amide bonds. The summed E-state index contributed by atoms with van der Waals surface area (Å²) in [7, 11) is 0. The van der Waals surface area contributed by atoms with E-state index in [1.807, 2.05) is 46.2 Å². The Morgan fingerprint density at radius 1 is 0.933 bits per heavy atom. The van der Waals surface area contributed by atoms with Gasteiger partial charge in [0.2, 0.25) is 0 Å². The third kappa shape index (κ3) is 3.70. The highest BCUT2D eigenvalue weighted by molar-refractivity contribution is 5.84. The van der Waals surface area contributed by atoms with Crippen molar-refractivity contribution >= 4 is 10.8 Å². The second kappa shape index (κ2) is 7.98. The zero-order valence-corrected chi connectivity index (χ0v) is 10.4. The van der Waals surface area contributed by atoms with Crippen LogP contribution in [0.15, 0.2) is 36.7 Å². The molecule has 0 unspecified atom stereocenters. The van der Waals surface area contributed by atoms with Crippen LogP contribution in [0.1, 0.15) is 33.3 Å². The van der Waals surface area contributed by atoms with Gasteiger partial charge < -0.3 is 0 Å². The molecule has 0 N–H and O–H groups in total. The summed E-state index contributed by atoms with van der Waals surface area (Å²) >= 11 is 0. The lowest BCUT2D eigenvalue weighted by Crippen LogP contribution is -1.78. The van der Waals surface area contributed by atoms with Crippen molar-refractivity contribution in [2.75, 3.05) is 0 Å². The SMILES string of the molecule is CC.CC.Cc1cccc2ccncc12. The van der Waals surface area contributed by atoms with Crippen LogP contribution in [0.25, 0.3) is 10.8 Å². The van der Waals surface area contributed by atoms with E-state index >= 15 is 0 Å². The quantitative estimate of drug-likeness (QED) is 0.610. The molecule has 2 aromatic rings. The standard InChI is InChI=1S/C10H9N.2C2H6/c1-8-3-2-4-9-5-6-11-7-10(8)9;2*1-2/h2-7H,1H3;2*1-2H3. The van der Waals surface area contributed by atoms with Gasteiger partial charge in [-0.2, -0.15) is 0 Å². The Labute approximate surface area is 93.2 Å². The van der Waals surface area contributed by atoms with Crippen LogP contribution >= 0.6 is 0 Å². The first-order chi connectivity index (χ1) is 7.38. The molecular formula is C14H21N. The first-order valence-electron chi connectivity index (χ1n) is 5.67. The van der Waals surface area contributed by atoms with Gasteiger partial charge in [-0.1, -0.05) is 45.9 Å². The van der Waals surface area contributed by atoms with Gasteiger partial charge in [-0.3, -0.25) is 4.98 Å². The third-order valence-electron chi connectivity index (χ3n) is 1.90. The van der Waals surface area contributed by atoms with E-state index in [4.69, 9.17) is 0 Å². The molecule has 2 rings (SSSR count). The van der Waals surface area contributed by atoms with Crippen LogP contribution in [-0.4, -0.2) is 4.98 Å². The van der Waals surface area contributed by atoms with Gasteiger partial charge in [-0.25, -0.2) is 0 Å². The number of aromatic nitrogens is 1. The molecule has 0 aliphatic rings. The molecule has 0 radical (unpaired) electrons. The molecule has 1 aromatic carbocycles. The van der Waals surface area contributed by atoms with Gasteiger partial charge in [0.25, 0.3) is 0 Å². The fourth-order valence-electron chi connectivity index (χ4n) is 1.27. The van der Waals surface area contributed by atoms with Gasteiger partial charge in [0.1, 0.15) is 0 Å². The van der Waals surface area contributed by atoms with Crippen LogP contribution in [0.3, 0.4) is 0 Å². The number of nitrogens with zero attached hydrogens (tertiary/aromatic N) is 1. The fraction of sp³-hybridized carbons (Fsp3) is 0.357. The molecule has 1 nitrogen and oxygen atoms in total. The Bertz CT molecular complexity index is 375. The van der Waals surface area contributed by atoms with Gasteiger partial charge >= 0.3 is 0 Å². The summed E-state index contributed by atoms with van der Waals surface area (Å²) in [4.78, 5) is 4.07. The highest BCUT2D eigenvalue weighted by Crippen LogP contribution is 2.15. The summed E-state index contributed by atoms with van der Waals surface area (Å²) in [5.74, 6) is 0. The minimum absolute atomic E-state index is 1.25. The highest BCUT2D eigenvalue weighted by Gasteiger charge is 1.92. The normalized spacial score (nSPS) is 8.33. The van der Waals surface area contributed by atoms with Gasteiger partial charge in [0.15, 0.2) is 0 Å². The maximum atomic E-state index is 4.07. The summed E-state index contributed by atoms with van der Waals surface area (Å²) in [6, 6.07) is 8.30. The Morgan fingerprint density at radius 2 is 1.60 bits per heavy atom. The van der Waals surface area contributed by atoms with E-state index in [0.717, 1.165) is 0 Å². The van der Waals surface area contributed by atoms with Crippen LogP contribution in [0.4, 0.5) is 0 Å². The van der Waals surface area contributed by atoms with Gasteiger partial charge in [0.05, 0.1) is 0 Å². The van der Waals surface area contributed by atoms with Gasteiger partial charge in [0, 0.05) is 17.8 Å². The van der Waals surface area contributed by atoms with Crippen molar-refractivity contribution in [2.24, 2.45) is 0 Å². The molecule has 82 valence electrons. The molecule has 1 aromatic heterocycles. The molecule has 0 saturated carbocycles. The van der Waals surface area contributed by atoms with Crippen molar-refractivity contribution in [3.8, 4) is 0 Å². The smallest absolute Gasteiger partial charge is 0.0349 e. The van der Waals surface area contributed by atoms with E-state index in [1.54, 1.807) is 0 Å². The average Bonchev–Trinajstić information content (AvgIpc) is 2.35. The minimum Gasteiger partial charge on any atom is -0.264 e. The zero-order valence-electron chi connectivity index (χ0n) is 10.4. The lowest BCUT2D eigenvalue weighted by molar-refractivity contribution is 1.35. The predicted molar refractivity (Wildman–Crippen MR) is 69.2 cm³/mol. The van der Waals surface area contributed by atoms with E-state index in [2.05, 4.69) is 30.1 Å². The molecule has 0 bridgehead atoms. The fourth-order valence-corrected chi connectivity index (χ4v) is 1.27. The van der Waals surface area contributed by atoms with Crippen molar-refractivity contribution in [3.05, 3.63) is 42.2 Å². The van der Waals surface area contributed by atoms with E-state index in [-0.39, 0.29) is 0 Å². The first-order valence-corrected chi connectivity index (χ1v) is 5.67. The van der Waals surface area contributed by atoms with Crippen molar-refractivity contribution in [1.82, 2.24) is 4.98 Å². The molecule has 0 spiro atoms. The lowest BCUT2D eigenvalue weighted by atomic mass is 10.1. The molecule has 1 heterocycles. The van der Waals surface area contributed by atoms with Gasteiger partial charge in [-0.15, -0.1) is 0 Å². The number of rotatable bonds is 0. The number of hydrogen-bond acceptors (Lipinski definition) is 1.